The van der Waals surface area contributed by atoms with Crippen molar-refractivity contribution in [1.82, 2.24) is 24.5 Å². The van der Waals surface area contributed by atoms with Gasteiger partial charge in [-0.05, 0) is 50.8 Å². The van der Waals surface area contributed by atoms with Gasteiger partial charge in [0.2, 0.25) is 0 Å². The topological polar surface area (TPSA) is 56.0 Å². The highest BCUT2D eigenvalue weighted by atomic mass is 16.1. The van der Waals surface area contributed by atoms with Crippen molar-refractivity contribution in [3.05, 3.63) is 45.6 Å². The van der Waals surface area contributed by atoms with E-state index in [-0.39, 0.29) is 11.0 Å². The Morgan fingerprint density at radius 3 is 2.67 bits per heavy atom. The van der Waals surface area contributed by atoms with E-state index in [4.69, 9.17) is 0 Å². The number of rotatable bonds is 4. The van der Waals surface area contributed by atoms with E-state index in [2.05, 4.69) is 46.7 Å². The number of aromatic nitrogens is 4. The Morgan fingerprint density at radius 1 is 1.15 bits per heavy atom. The lowest BCUT2D eigenvalue weighted by Gasteiger charge is -2.32. The number of piperidine rings is 1. The Kier molecular flexibility index (Phi) is 4.93. The fourth-order valence-electron chi connectivity index (χ4n) is 4.25. The summed E-state index contributed by atoms with van der Waals surface area (Å²) in [6.07, 6.45) is 6.70. The number of fused-ring (bicyclic) bond motifs is 1. The van der Waals surface area contributed by atoms with Crippen molar-refractivity contribution in [3.63, 3.8) is 0 Å². The van der Waals surface area contributed by atoms with Crippen LogP contribution in [0.4, 0.5) is 0 Å². The van der Waals surface area contributed by atoms with Gasteiger partial charge in [-0.1, -0.05) is 20.8 Å². The van der Waals surface area contributed by atoms with E-state index in [9.17, 15) is 4.79 Å². The summed E-state index contributed by atoms with van der Waals surface area (Å²) in [6.45, 7) is 11.4. The van der Waals surface area contributed by atoms with E-state index < -0.39 is 0 Å². The SMILES string of the molecule is CC(C)(C)c1ccc(=O)n(CC2CCN(Cc3cnn4c3CCC4)CC2)n1. The molecular formula is C21H31N5O. The Labute approximate surface area is 161 Å². The van der Waals surface area contributed by atoms with Gasteiger partial charge < -0.3 is 0 Å². The van der Waals surface area contributed by atoms with Crippen LogP contribution < -0.4 is 5.56 Å². The Bertz CT molecular complexity index is 852. The third-order valence-corrected chi connectivity index (χ3v) is 5.99. The highest BCUT2D eigenvalue weighted by molar-refractivity contribution is 5.20. The lowest BCUT2D eigenvalue weighted by molar-refractivity contribution is 0.163. The molecule has 27 heavy (non-hydrogen) atoms. The molecule has 0 radical (unpaired) electrons. The van der Waals surface area contributed by atoms with Gasteiger partial charge in [-0.25, -0.2) is 4.68 Å². The lowest BCUT2D eigenvalue weighted by atomic mass is 9.92. The van der Waals surface area contributed by atoms with Crippen LogP contribution in [0.15, 0.2) is 23.1 Å². The summed E-state index contributed by atoms with van der Waals surface area (Å²) >= 11 is 0. The molecule has 2 aromatic heterocycles. The first-order valence-electron chi connectivity index (χ1n) is 10.2. The lowest BCUT2D eigenvalue weighted by Crippen LogP contribution is -2.37. The molecule has 4 heterocycles. The molecule has 6 heteroatoms. The molecule has 1 fully saturated rings. The molecule has 0 aliphatic carbocycles. The maximum absolute atomic E-state index is 12.2. The molecule has 0 N–H and O–H groups in total. The highest BCUT2D eigenvalue weighted by Gasteiger charge is 2.24. The normalized spacial score (nSPS) is 18.8. The number of hydrogen-bond acceptors (Lipinski definition) is 4. The largest absolute Gasteiger partial charge is 0.299 e. The summed E-state index contributed by atoms with van der Waals surface area (Å²) in [5, 5.41) is 9.15. The van der Waals surface area contributed by atoms with Crippen molar-refractivity contribution in [2.45, 2.75) is 71.5 Å². The van der Waals surface area contributed by atoms with Crippen LogP contribution in [0, 0.1) is 5.92 Å². The van der Waals surface area contributed by atoms with Crippen molar-refractivity contribution >= 4 is 0 Å². The molecule has 0 saturated carbocycles. The quantitative estimate of drug-likeness (QED) is 0.831. The monoisotopic (exact) mass is 369 g/mol. The second-order valence-corrected chi connectivity index (χ2v) is 9.15. The molecule has 0 spiro atoms. The molecule has 0 aromatic carbocycles. The third-order valence-electron chi connectivity index (χ3n) is 5.99. The zero-order valence-corrected chi connectivity index (χ0v) is 16.8. The number of hydrogen-bond donors (Lipinski definition) is 0. The highest BCUT2D eigenvalue weighted by Crippen LogP contribution is 2.24. The summed E-state index contributed by atoms with van der Waals surface area (Å²) in [5.74, 6) is 0.527. The van der Waals surface area contributed by atoms with Crippen LogP contribution in [0.2, 0.25) is 0 Å². The minimum Gasteiger partial charge on any atom is -0.299 e. The summed E-state index contributed by atoms with van der Waals surface area (Å²) in [7, 11) is 0. The van der Waals surface area contributed by atoms with E-state index >= 15 is 0 Å². The Balaban J connectivity index is 1.35. The first kappa shape index (κ1) is 18.4. The van der Waals surface area contributed by atoms with E-state index in [0.29, 0.717) is 5.92 Å². The van der Waals surface area contributed by atoms with Gasteiger partial charge in [-0.3, -0.25) is 14.4 Å². The van der Waals surface area contributed by atoms with Crippen molar-refractivity contribution in [2.24, 2.45) is 5.92 Å². The van der Waals surface area contributed by atoms with Crippen molar-refractivity contribution in [1.29, 1.82) is 0 Å². The van der Waals surface area contributed by atoms with Crippen LogP contribution in [0.1, 0.15) is 57.0 Å². The van der Waals surface area contributed by atoms with Crippen LogP contribution >= 0.6 is 0 Å². The minimum absolute atomic E-state index is 0.0147. The van der Waals surface area contributed by atoms with Gasteiger partial charge in [-0.15, -0.1) is 0 Å². The fraction of sp³-hybridized carbons (Fsp3) is 0.667. The van der Waals surface area contributed by atoms with E-state index in [1.54, 1.807) is 10.7 Å². The van der Waals surface area contributed by atoms with E-state index in [0.717, 1.165) is 51.3 Å². The fourth-order valence-corrected chi connectivity index (χ4v) is 4.25. The average molecular weight is 370 g/mol. The second kappa shape index (κ2) is 7.23. The van der Waals surface area contributed by atoms with Crippen molar-refractivity contribution < 1.29 is 0 Å². The molecule has 0 atom stereocenters. The molecule has 2 aromatic rings. The molecule has 4 rings (SSSR count). The summed E-state index contributed by atoms with van der Waals surface area (Å²) in [5.41, 5.74) is 3.80. The summed E-state index contributed by atoms with van der Waals surface area (Å²) in [6, 6.07) is 3.54. The Morgan fingerprint density at radius 2 is 1.93 bits per heavy atom. The van der Waals surface area contributed by atoms with Gasteiger partial charge in [0.25, 0.3) is 5.56 Å². The third kappa shape index (κ3) is 4.00. The zero-order valence-electron chi connectivity index (χ0n) is 16.8. The van der Waals surface area contributed by atoms with Crippen LogP contribution in [-0.4, -0.2) is 37.6 Å². The zero-order chi connectivity index (χ0) is 19.0. The predicted octanol–water partition coefficient (Wildman–Crippen LogP) is 2.60. The minimum atomic E-state index is -0.0370. The number of nitrogens with zero attached hydrogens (tertiary/aromatic N) is 5. The van der Waals surface area contributed by atoms with Gasteiger partial charge in [0.1, 0.15) is 0 Å². The molecule has 2 aliphatic rings. The van der Waals surface area contributed by atoms with Crippen LogP contribution in [-0.2, 0) is 31.5 Å². The first-order chi connectivity index (χ1) is 12.9. The molecule has 0 unspecified atom stereocenters. The smallest absolute Gasteiger partial charge is 0.266 e. The van der Waals surface area contributed by atoms with Gasteiger partial charge >= 0.3 is 0 Å². The average Bonchev–Trinajstić information content (AvgIpc) is 3.22. The standard InChI is InChI=1S/C21H31N5O/c1-21(2,3)19-6-7-20(27)26(23-19)14-16-8-11-24(12-9-16)15-17-13-22-25-10-4-5-18(17)25/h6-7,13,16H,4-5,8-12,14-15H2,1-3H3. The summed E-state index contributed by atoms with van der Waals surface area (Å²) < 4.78 is 3.86. The predicted molar refractivity (Wildman–Crippen MR) is 106 cm³/mol. The van der Waals surface area contributed by atoms with Crippen LogP contribution in [0.25, 0.3) is 0 Å². The van der Waals surface area contributed by atoms with Gasteiger partial charge in [0.15, 0.2) is 0 Å². The first-order valence-corrected chi connectivity index (χ1v) is 10.2. The summed E-state index contributed by atoms with van der Waals surface area (Å²) in [4.78, 5) is 14.8. The van der Waals surface area contributed by atoms with Crippen LogP contribution in [0.3, 0.4) is 0 Å². The molecule has 1 saturated heterocycles. The van der Waals surface area contributed by atoms with Gasteiger partial charge in [0.05, 0.1) is 11.9 Å². The molecule has 146 valence electrons. The maximum atomic E-state index is 12.2. The maximum Gasteiger partial charge on any atom is 0.266 e. The van der Waals surface area contributed by atoms with E-state index in [1.807, 2.05) is 6.07 Å². The van der Waals surface area contributed by atoms with Crippen LogP contribution in [0.5, 0.6) is 0 Å². The number of aryl methyl sites for hydroxylation is 1. The second-order valence-electron chi connectivity index (χ2n) is 9.15. The number of likely N-dealkylation sites (tertiary alicyclic amines) is 1. The van der Waals surface area contributed by atoms with Gasteiger partial charge in [0, 0.05) is 42.4 Å². The van der Waals surface area contributed by atoms with Crippen molar-refractivity contribution in [2.75, 3.05) is 13.1 Å². The molecule has 0 bridgehead atoms. The molecule has 2 aliphatic heterocycles. The molecule has 6 nitrogen and oxygen atoms in total. The van der Waals surface area contributed by atoms with E-state index in [1.165, 1.54) is 24.1 Å². The Hall–Kier alpha value is -1.95. The van der Waals surface area contributed by atoms with Crippen molar-refractivity contribution in [3.8, 4) is 0 Å². The van der Waals surface area contributed by atoms with Gasteiger partial charge in [-0.2, -0.15) is 10.2 Å². The molecular weight excluding hydrogens is 338 g/mol. The molecule has 0 amide bonds.